The molecule has 0 unspecified atom stereocenters. The van der Waals surface area contributed by atoms with Gasteiger partial charge in [0.15, 0.2) is 23.0 Å². The van der Waals surface area contributed by atoms with Gasteiger partial charge in [-0.2, -0.15) is 10.2 Å². The number of nitrogens with one attached hydrogen (secondary N) is 4. The summed E-state index contributed by atoms with van der Waals surface area (Å²) in [7, 11) is 3.40. The van der Waals surface area contributed by atoms with Crippen LogP contribution in [-0.2, 0) is 33.4 Å². The van der Waals surface area contributed by atoms with Crippen LogP contribution in [0.25, 0.3) is 0 Å². The zero-order chi connectivity index (χ0) is 37.8. The Hall–Kier alpha value is -7.24. The van der Waals surface area contributed by atoms with E-state index in [1.54, 1.807) is 0 Å². The molecule has 0 saturated carbocycles. The van der Waals surface area contributed by atoms with Gasteiger partial charge in [-0.1, -0.05) is 0 Å². The molecule has 0 atom stereocenters. The summed E-state index contributed by atoms with van der Waals surface area (Å²) >= 11 is 0. The molecule has 0 aliphatic heterocycles. The molecule has 2 amide bonds. The standard InChI is InChI=1S/C33H30N6O12/c1-16(40)26(38-36-24-14-18(30(44)45)6-12-22(24)32(47)50-4)28(42)34-20-8-10-21(11-9-20)35-29(43)27(17(2)41)39-37-25-15-19(31(46)49-3)7-13-23(25)33(48)51-5/h6-15,36-37H,1-5H3,(H,34,42)(H,35,43)(H,44,45)/b38-26-,39-27-. The molecule has 264 valence electrons. The Morgan fingerprint density at radius 2 is 0.922 bits per heavy atom. The third kappa shape index (κ3) is 9.89. The predicted octanol–water partition coefficient (Wildman–Crippen LogP) is 2.74. The highest BCUT2D eigenvalue weighted by atomic mass is 16.5. The quantitative estimate of drug-likeness (QED) is 0.0532. The first-order chi connectivity index (χ1) is 24.2. The number of methoxy groups -OCH3 is 3. The minimum absolute atomic E-state index is 0.0417. The van der Waals surface area contributed by atoms with Crippen LogP contribution in [-0.4, -0.2) is 85.1 Å². The maximum atomic E-state index is 13.0. The van der Waals surface area contributed by atoms with E-state index in [-0.39, 0.29) is 45.0 Å². The molecule has 0 aliphatic carbocycles. The lowest BCUT2D eigenvalue weighted by Crippen LogP contribution is -2.30. The number of carboxylic acid groups (broad SMARTS) is 1. The van der Waals surface area contributed by atoms with Crippen molar-refractivity contribution in [2.45, 2.75) is 13.8 Å². The number of amides is 2. The Kier molecular flexibility index (Phi) is 12.9. The monoisotopic (exact) mass is 702 g/mol. The maximum Gasteiger partial charge on any atom is 0.340 e. The van der Waals surface area contributed by atoms with Crippen LogP contribution in [0.2, 0.25) is 0 Å². The number of esters is 3. The van der Waals surface area contributed by atoms with Crippen molar-refractivity contribution < 1.29 is 57.7 Å². The van der Waals surface area contributed by atoms with Crippen LogP contribution < -0.4 is 21.5 Å². The zero-order valence-electron chi connectivity index (χ0n) is 27.6. The number of ether oxygens (including phenoxy) is 3. The highest BCUT2D eigenvalue weighted by molar-refractivity contribution is 6.67. The van der Waals surface area contributed by atoms with Gasteiger partial charge in [0.2, 0.25) is 0 Å². The Labute approximate surface area is 288 Å². The lowest BCUT2D eigenvalue weighted by atomic mass is 10.1. The number of rotatable bonds is 14. The summed E-state index contributed by atoms with van der Waals surface area (Å²) in [5, 5.41) is 21.8. The molecule has 18 heteroatoms. The van der Waals surface area contributed by atoms with E-state index in [1.165, 1.54) is 48.5 Å². The van der Waals surface area contributed by atoms with Crippen LogP contribution in [0, 0.1) is 0 Å². The van der Waals surface area contributed by atoms with E-state index in [0.29, 0.717) is 0 Å². The van der Waals surface area contributed by atoms with Gasteiger partial charge in [-0.25, -0.2) is 19.2 Å². The maximum absolute atomic E-state index is 13.0. The highest BCUT2D eigenvalue weighted by Crippen LogP contribution is 2.21. The van der Waals surface area contributed by atoms with E-state index in [2.05, 4.69) is 41.2 Å². The van der Waals surface area contributed by atoms with Gasteiger partial charge >= 0.3 is 23.9 Å². The average Bonchev–Trinajstić information content (AvgIpc) is 3.11. The Morgan fingerprint density at radius 1 is 0.549 bits per heavy atom. The van der Waals surface area contributed by atoms with E-state index in [4.69, 9.17) is 4.74 Å². The second-order valence-corrected chi connectivity index (χ2v) is 10.0. The van der Waals surface area contributed by atoms with Crippen LogP contribution >= 0.6 is 0 Å². The fraction of sp³-hybridized carbons (Fsp3) is 0.152. The Bertz CT molecular complexity index is 1990. The van der Waals surface area contributed by atoms with Crippen molar-refractivity contribution >= 4 is 81.4 Å². The lowest BCUT2D eigenvalue weighted by molar-refractivity contribution is -0.116. The van der Waals surface area contributed by atoms with E-state index < -0.39 is 58.7 Å². The summed E-state index contributed by atoms with van der Waals surface area (Å²) in [4.78, 5) is 98.2. The first kappa shape index (κ1) is 38.2. The number of Topliss-reactive ketones (excluding diaryl/α,β-unsaturated/α-hetero) is 2. The molecule has 0 saturated heterocycles. The van der Waals surface area contributed by atoms with Gasteiger partial charge in [-0.15, -0.1) is 0 Å². The van der Waals surface area contributed by atoms with E-state index in [0.717, 1.165) is 47.3 Å². The first-order valence-electron chi connectivity index (χ1n) is 14.4. The molecule has 0 heterocycles. The molecule has 18 nitrogen and oxygen atoms in total. The molecule has 5 N–H and O–H groups in total. The van der Waals surface area contributed by atoms with Gasteiger partial charge in [0.05, 0.1) is 55.0 Å². The summed E-state index contributed by atoms with van der Waals surface area (Å²) in [6.07, 6.45) is 0. The third-order valence-corrected chi connectivity index (χ3v) is 6.59. The molecule has 0 aromatic heterocycles. The minimum Gasteiger partial charge on any atom is -0.478 e. The SMILES string of the molecule is COC(=O)c1ccc(C(=O)OC)c(N/N=C(/C(C)=O)C(=O)Nc2ccc(NC(=O)/C(=N\Nc3cc(C(=O)O)ccc3C(=O)OC)C(C)=O)cc2)c1. The molecule has 3 aromatic rings. The van der Waals surface area contributed by atoms with Gasteiger partial charge in [0.1, 0.15) is 0 Å². The van der Waals surface area contributed by atoms with Crippen molar-refractivity contribution in [3.05, 3.63) is 82.9 Å². The van der Waals surface area contributed by atoms with Gasteiger partial charge in [0.25, 0.3) is 11.8 Å². The summed E-state index contributed by atoms with van der Waals surface area (Å²) in [5.74, 6) is -7.11. The van der Waals surface area contributed by atoms with Gasteiger partial charge in [-0.05, 0) is 60.7 Å². The van der Waals surface area contributed by atoms with Crippen LogP contribution in [0.3, 0.4) is 0 Å². The fourth-order valence-electron chi connectivity index (χ4n) is 4.06. The molecule has 0 fully saturated rings. The number of benzene rings is 3. The second kappa shape index (κ2) is 17.2. The molecule has 0 aliphatic rings. The molecule has 0 spiro atoms. The molecule has 0 radical (unpaired) electrons. The number of hydrogen-bond donors (Lipinski definition) is 5. The second-order valence-electron chi connectivity index (χ2n) is 10.0. The number of aromatic carboxylic acids is 1. The molecule has 51 heavy (non-hydrogen) atoms. The van der Waals surface area contributed by atoms with Crippen molar-refractivity contribution in [2.75, 3.05) is 42.8 Å². The average molecular weight is 703 g/mol. The molecule has 3 rings (SSSR count). The number of carboxylic acids is 1. The molecule has 0 bridgehead atoms. The van der Waals surface area contributed by atoms with Crippen LogP contribution in [0.4, 0.5) is 22.7 Å². The largest absolute Gasteiger partial charge is 0.478 e. The first-order valence-corrected chi connectivity index (χ1v) is 14.4. The van der Waals surface area contributed by atoms with Crippen molar-refractivity contribution in [3.63, 3.8) is 0 Å². The topological polar surface area (TPSA) is 257 Å². The summed E-state index contributed by atoms with van der Waals surface area (Å²) in [6.45, 7) is 2.13. The summed E-state index contributed by atoms with van der Waals surface area (Å²) in [6, 6.07) is 12.6. The van der Waals surface area contributed by atoms with Crippen LogP contribution in [0.1, 0.15) is 55.3 Å². The number of ketones is 2. The smallest absolute Gasteiger partial charge is 0.340 e. The Balaban J connectivity index is 1.78. The van der Waals surface area contributed by atoms with Gasteiger partial charge < -0.3 is 30.0 Å². The number of hydrogen-bond acceptors (Lipinski definition) is 15. The van der Waals surface area contributed by atoms with Crippen LogP contribution in [0.5, 0.6) is 0 Å². The number of hydrazone groups is 2. The lowest BCUT2D eigenvalue weighted by Gasteiger charge is -2.11. The predicted molar refractivity (Wildman–Crippen MR) is 181 cm³/mol. The van der Waals surface area contributed by atoms with E-state index >= 15 is 0 Å². The van der Waals surface area contributed by atoms with Crippen molar-refractivity contribution in [3.8, 4) is 0 Å². The molecular weight excluding hydrogens is 672 g/mol. The molecular formula is C33H30N6O12. The number of carbonyl (C=O) groups is 8. The normalized spacial score (nSPS) is 11.0. The van der Waals surface area contributed by atoms with Crippen molar-refractivity contribution in [1.82, 2.24) is 0 Å². The summed E-state index contributed by atoms with van der Waals surface area (Å²) < 4.78 is 14.1. The van der Waals surface area contributed by atoms with Gasteiger partial charge in [0, 0.05) is 25.2 Å². The highest BCUT2D eigenvalue weighted by Gasteiger charge is 2.22. The van der Waals surface area contributed by atoms with Gasteiger partial charge in [-0.3, -0.25) is 30.0 Å². The van der Waals surface area contributed by atoms with Crippen LogP contribution in [0.15, 0.2) is 70.9 Å². The van der Waals surface area contributed by atoms with E-state index in [1.807, 2.05) is 0 Å². The minimum atomic E-state index is -1.30. The number of carbonyl (C=O) groups excluding carboxylic acids is 7. The zero-order valence-corrected chi connectivity index (χ0v) is 27.6. The Morgan fingerprint density at radius 3 is 1.27 bits per heavy atom. The fourth-order valence-corrected chi connectivity index (χ4v) is 4.06. The summed E-state index contributed by atoms with van der Waals surface area (Å²) in [5.41, 5.74) is 3.35. The number of nitrogens with zero attached hydrogens (tertiary/aromatic N) is 2. The molecule has 3 aromatic carbocycles. The third-order valence-electron chi connectivity index (χ3n) is 6.59. The van der Waals surface area contributed by atoms with E-state index in [9.17, 15) is 43.5 Å². The van der Waals surface area contributed by atoms with Crippen molar-refractivity contribution in [2.24, 2.45) is 10.2 Å². The van der Waals surface area contributed by atoms with Crippen molar-refractivity contribution in [1.29, 1.82) is 0 Å². The number of anilines is 4.